The quantitative estimate of drug-likeness (QED) is 0.882. The summed E-state index contributed by atoms with van der Waals surface area (Å²) in [5, 5.41) is 9.45. The van der Waals surface area contributed by atoms with Crippen LogP contribution in [0.2, 0.25) is 5.02 Å². The maximum Gasteiger partial charge on any atom is 0.243 e. The molecule has 2 rings (SSSR count). The van der Waals surface area contributed by atoms with Gasteiger partial charge in [0, 0.05) is 17.1 Å². The number of aliphatic hydroxyl groups is 1. The Kier molecular flexibility index (Phi) is 4.33. The van der Waals surface area contributed by atoms with E-state index < -0.39 is 10.0 Å². The smallest absolute Gasteiger partial charge is 0.243 e. The summed E-state index contributed by atoms with van der Waals surface area (Å²) < 4.78 is 26.7. The van der Waals surface area contributed by atoms with Crippen LogP contribution in [0.25, 0.3) is 0 Å². The molecular formula is C11H13BrClNO3S. The minimum Gasteiger partial charge on any atom is -0.395 e. The molecule has 1 aromatic rings. The molecule has 0 amide bonds. The third-order valence-electron chi connectivity index (χ3n) is 2.77. The summed E-state index contributed by atoms with van der Waals surface area (Å²) in [7, 11) is -3.55. The summed E-state index contributed by atoms with van der Waals surface area (Å²) in [5.41, 5.74) is 0. The molecule has 7 heteroatoms. The lowest BCUT2D eigenvalue weighted by Gasteiger charge is -2.21. The van der Waals surface area contributed by atoms with Crippen molar-refractivity contribution in [3.63, 3.8) is 0 Å². The summed E-state index contributed by atoms with van der Waals surface area (Å²) in [6.07, 6.45) is 1.71. The molecule has 1 aliphatic rings. The number of hydrogen-bond donors (Lipinski definition) is 1. The van der Waals surface area contributed by atoms with E-state index >= 15 is 0 Å². The monoisotopic (exact) mass is 353 g/mol. The SMILES string of the molecule is O=S(=O)(c1ccc(Cl)c(Br)c1)N(CCO)C1CC1. The zero-order chi connectivity index (χ0) is 13.3. The van der Waals surface area contributed by atoms with Crippen molar-refractivity contribution in [2.45, 2.75) is 23.8 Å². The van der Waals surface area contributed by atoms with E-state index in [0.29, 0.717) is 9.50 Å². The average molecular weight is 355 g/mol. The maximum absolute atomic E-state index is 12.4. The van der Waals surface area contributed by atoms with E-state index in [9.17, 15) is 8.42 Å². The van der Waals surface area contributed by atoms with Crippen molar-refractivity contribution in [3.05, 3.63) is 27.7 Å². The number of nitrogens with zero attached hydrogens (tertiary/aromatic N) is 1. The minimum absolute atomic E-state index is 0.0246. The maximum atomic E-state index is 12.4. The summed E-state index contributed by atoms with van der Waals surface area (Å²) in [4.78, 5) is 0.194. The van der Waals surface area contributed by atoms with Crippen LogP contribution >= 0.6 is 27.5 Å². The van der Waals surface area contributed by atoms with Gasteiger partial charge in [-0.2, -0.15) is 4.31 Å². The molecule has 1 saturated carbocycles. The van der Waals surface area contributed by atoms with Crippen LogP contribution in [0, 0.1) is 0 Å². The number of sulfonamides is 1. The number of aliphatic hydroxyl groups excluding tert-OH is 1. The van der Waals surface area contributed by atoms with Gasteiger partial charge >= 0.3 is 0 Å². The fraction of sp³-hybridized carbons (Fsp3) is 0.455. The van der Waals surface area contributed by atoms with E-state index in [1.807, 2.05) is 0 Å². The first-order valence-corrected chi connectivity index (χ1v) is 8.15. The Hall–Kier alpha value is -0.140. The lowest BCUT2D eigenvalue weighted by molar-refractivity contribution is 0.250. The largest absolute Gasteiger partial charge is 0.395 e. The van der Waals surface area contributed by atoms with Gasteiger partial charge in [-0.1, -0.05) is 11.6 Å². The molecule has 0 unspecified atom stereocenters. The van der Waals surface area contributed by atoms with Crippen LogP contribution in [0.3, 0.4) is 0 Å². The molecule has 1 N–H and O–H groups in total. The molecule has 0 aliphatic heterocycles. The Bertz CT molecular complexity index is 545. The van der Waals surface area contributed by atoms with Crippen molar-refractivity contribution in [3.8, 4) is 0 Å². The van der Waals surface area contributed by atoms with Gasteiger partial charge in [-0.3, -0.25) is 0 Å². The first-order chi connectivity index (χ1) is 8.46. The van der Waals surface area contributed by atoms with Gasteiger partial charge in [0.1, 0.15) is 0 Å². The molecule has 0 aromatic heterocycles. The molecule has 4 nitrogen and oxygen atoms in total. The summed E-state index contributed by atoms with van der Waals surface area (Å²) in [6, 6.07) is 4.54. The van der Waals surface area contributed by atoms with Crippen molar-refractivity contribution >= 4 is 37.6 Å². The Morgan fingerprint density at radius 2 is 2.11 bits per heavy atom. The van der Waals surface area contributed by atoms with Gasteiger partial charge in [0.25, 0.3) is 0 Å². The number of benzene rings is 1. The third-order valence-corrected chi connectivity index (χ3v) is 5.93. The lowest BCUT2D eigenvalue weighted by Crippen LogP contribution is -2.35. The number of hydrogen-bond acceptors (Lipinski definition) is 3. The Morgan fingerprint density at radius 1 is 1.44 bits per heavy atom. The van der Waals surface area contributed by atoms with E-state index in [1.165, 1.54) is 16.4 Å². The zero-order valence-electron chi connectivity index (χ0n) is 9.51. The van der Waals surface area contributed by atoms with Gasteiger partial charge in [-0.25, -0.2) is 8.42 Å². The van der Waals surface area contributed by atoms with Crippen molar-refractivity contribution in [1.82, 2.24) is 4.31 Å². The molecule has 1 aromatic carbocycles. The highest BCUT2D eigenvalue weighted by Gasteiger charge is 2.37. The van der Waals surface area contributed by atoms with Crippen LogP contribution in [0.1, 0.15) is 12.8 Å². The van der Waals surface area contributed by atoms with E-state index in [2.05, 4.69) is 15.9 Å². The summed E-state index contributed by atoms with van der Waals surface area (Å²) in [6.45, 7) is -0.0439. The van der Waals surface area contributed by atoms with Crippen LogP contribution in [0.15, 0.2) is 27.6 Å². The lowest BCUT2D eigenvalue weighted by atomic mass is 10.4. The minimum atomic E-state index is -3.55. The number of halogens is 2. The molecule has 18 heavy (non-hydrogen) atoms. The molecular weight excluding hydrogens is 342 g/mol. The molecule has 0 bridgehead atoms. The normalized spacial score (nSPS) is 16.2. The molecule has 0 spiro atoms. The first-order valence-electron chi connectivity index (χ1n) is 5.54. The van der Waals surface area contributed by atoms with Crippen molar-refractivity contribution < 1.29 is 13.5 Å². The Balaban J connectivity index is 2.36. The van der Waals surface area contributed by atoms with Crippen LogP contribution in [0.4, 0.5) is 0 Å². The zero-order valence-corrected chi connectivity index (χ0v) is 12.7. The van der Waals surface area contributed by atoms with Crippen LogP contribution in [-0.2, 0) is 10.0 Å². The van der Waals surface area contributed by atoms with Crippen molar-refractivity contribution in [1.29, 1.82) is 0 Å². The molecule has 100 valence electrons. The Morgan fingerprint density at radius 3 is 2.61 bits per heavy atom. The standard InChI is InChI=1S/C11H13BrClNO3S/c12-10-7-9(3-4-11(10)13)18(16,17)14(5-6-15)8-1-2-8/h3-4,7-8,15H,1-2,5-6H2. The molecule has 0 heterocycles. The predicted octanol–water partition coefficient (Wildman–Crippen LogP) is 2.25. The second-order valence-electron chi connectivity index (χ2n) is 4.15. The van der Waals surface area contributed by atoms with E-state index in [1.54, 1.807) is 6.07 Å². The van der Waals surface area contributed by atoms with Gasteiger partial charge in [0.2, 0.25) is 10.0 Å². The van der Waals surface area contributed by atoms with Gasteiger partial charge < -0.3 is 5.11 Å². The van der Waals surface area contributed by atoms with Crippen LogP contribution in [-0.4, -0.2) is 37.0 Å². The average Bonchev–Trinajstić information content (AvgIpc) is 3.13. The predicted molar refractivity (Wildman–Crippen MR) is 73.2 cm³/mol. The van der Waals surface area contributed by atoms with Crippen molar-refractivity contribution in [2.75, 3.05) is 13.2 Å². The van der Waals surface area contributed by atoms with E-state index in [-0.39, 0.29) is 24.1 Å². The van der Waals surface area contributed by atoms with Gasteiger partial charge in [0.05, 0.1) is 16.5 Å². The molecule has 1 aliphatic carbocycles. The van der Waals surface area contributed by atoms with Gasteiger partial charge in [-0.15, -0.1) is 0 Å². The fourth-order valence-corrected chi connectivity index (χ4v) is 4.08. The number of rotatable bonds is 5. The third kappa shape index (κ3) is 2.88. The first kappa shape index (κ1) is 14.3. The van der Waals surface area contributed by atoms with Gasteiger partial charge in [-0.05, 0) is 47.0 Å². The van der Waals surface area contributed by atoms with Crippen LogP contribution < -0.4 is 0 Å². The second kappa shape index (κ2) is 5.46. The fourth-order valence-electron chi connectivity index (χ4n) is 1.73. The molecule has 0 saturated heterocycles. The summed E-state index contributed by atoms with van der Waals surface area (Å²) >= 11 is 9.07. The highest BCUT2D eigenvalue weighted by Crippen LogP contribution is 2.33. The van der Waals surface area contributed by atoms with Gasteiger partial charge in [0.15, 0.2) is 0 Å². The Labute approximate surface area is 120 Å². The molecule has 0 atom stereocenters. The highest BCUT2D eigenvalue weighted by atomic mass is 79.9. The highest BCUT2D eigenvalue weighted by molar-refractivity contribution is 9.10. The molecule has 0 radical (unpaired) electrons. The van der Waals surface area contributed by atoms with E-state index in [0.717, 1.165) is 12.8 Å². The van der Waals surface area contributed by atoms with Crippen molar-refractivity contribution in [2.24, 2.45) is 0 Å². The van der Waals surface area contributed by atoms with Crippen LogP contribution in [0.5, 0.6) is 0 Å². The topological polar surface area (TPSA) is 57.6 Å². The summed E-state index contributed by atoms with van der Waals surface area (Å²) in [5.74, 6) is 0. The van der Waals surface area contributed by atoms with E-state index in [4.69, 9.17) is 16.7 Å². The molecule has 1 fully saturated rings. The second-order valence-corrected chi connectivity index (χ2v) is 7.30.